The summed E-state index contributed by atoms with van der Waals surface area (Å²) in [6.07, 6.45) is -2.92. The lowest BCUT2D eigenvalue weighted by molar-refractivity contribution is -0.138. The number of benzene rings is 2. The lowest BCUT2D eigenvalue weighted by atomic mass is 10.1. The minimum Gasteiger partial charge on any atom is -0.484 e. The molecule has 0 spiro atoms. The molecule has 1 atom stereocenters. The predicted molar refractivity (Wildman–Crippen MR) is 103 cm³/mol. The highest BCUT2D eigenvalue weighted by atomic mass is 35.5. The van der Waals surface area contributed by atoms with Crippen LogP contribution in [-0.2, 0) is 22.3 Å². The average molecular weight is 428 g/mol. The van der Waals surface area contributed by atoms with Crippen molar-refractivity contribution in [3.63, 3.8) is 0 Å². The Hall–Kier alpha value is -2.25. The van der Waals surface area contributed by atoms with Crippen molar-refractivity contribution in [3.8, 4) is 5.75 Å². The van der Waals surface area contributed by atoms with Gasteiger partial charge in [-0.05, 0) is 54.8 Å². The molecular weight excluding hydrogens is 407 g/mol. The van der Waals surface area contributed by atoms with Crippen LogP contribution >= 0.6 is 11.6 Å². The molecule has 4 nitrogen and oxygen atoms in total. The molecule has 1 aliphatic rings. The molecule has 0 aliphatic carbocycles. The van der Waals surface area contributed by atoms with Crippen LogP contribution in [0.25, 0.3) is 0 Å². The summed E-state index contributed by atoms with van der Waals surface area (Å²) in [4.78, 5) is 14.1. The smallest absolute Gasteiger partial charge is 0.416 e. The summed E-state index contributed by atoms with van der Waals surface area (Å²) in [6.45, 7) is 1.19. The fourth-order valence-corrected chi connectivity index (χ4v) is 3.20. The zero-order chi connectivity index (χ0) is 20.9. The van der Waals surface area contributed by atoms with E-state index in [0.29, 0.717) is 29.4 Å². The number of carbonyl (C=O) groups excluding carboxylic acids is 1. The van der Waals surface area contributed by atoms with Crippen molar-refractivity contribution in [2.45, 2.75) is 31.7 Å². The number of nitrogens with zero attached hydrogens (tertiary/aromatic N) is 1. The van der Waals surface area contributed by atoms with Crippen molar-refractivity contribution >= 4 is 17.5 Å². The zero-order valence-electron chi connectivity index (χ0n) is 15.6. The SMILES string of the molecule is O=C(COc1ccc(Cl)cc1)N1CCCC(OCc2ccc(C(F)(F)F)cc2)C1. The second kappa shape index (κ2) is 9.50. The number of alkyl halides is 3. The van der Waals surface area contributed by atoms with Gasteiger partial charge in [0.25, 0.3) is 5.91 Å². The minimum atomic E-state index is -4.35. The molecule has 29 heavy (non-hydrogen) atoms. The molecular formula is C21H21ClF3NO3. The van der Waals surface area contributed by atoms with Gasteiger partial charge in [0.15, 0.2) is 6.61 Å². The van der Waals surface area contributed by atoms with Gasteiger partial charge in [0.2, 0.25) is 0 Å². The molecule has 0 aromatic heterocycles. The number of amides is 1. The van der Waals surface area contributed by atoms with Crippen LogP contribution in [0.5, 0.6) is 5.75 Å². The Kier molecular flexibility index (Phi) is 7.03. The van der Waals surface area contributed by atoms with E-state index in [-0.39, 0.29) is 25.2 Å². The average Bonchev–Trinajstić information content (AvgIpc) is 2.71. The lowest BCUT2D eigenvalue weighted by Crippen LogP contribution is -2.45. The second-order valence-corrected chi connectivity index (χ2v) is 7.29. The highest BCUT2D eigenvalue weighted by Gasteiger charge is 2.30. The van der Waals surface area contributed by atoms with Crippen LogP contribution in [0.1, 0.15) is 24.0 Å². The number of rotatable bonds is 6. The maximum Gasteiger partial charge on any atom is 0.416 e. The molecule has 1 amide bonds. The molecule has 0 saturated carbocycles. The molecule has 3 rings (SSSR count). The van der Waals surface area contributed by atoms with E-state index >= 15 is 0 Å². The summed E-state index contributed by atoms with van der Waals surface area (Å²) in [5.41, 5.74) is -0.0242. The molecule has 0 radical (unpaired) electrons. The predicted octanol–water partition coefficient (Wildman–Crippen LogP) is 4.95. The van der Waals surface area contributed by atoms with Gasteiger partial charge in [0.1, 0.15) is 5.75 Å². The standard InChI is InChI=1S/C21H21ClF3NO3/c22-17-7-9-18(10-8-17)29-14-20(27)26-11-1-2-19(12-26)28-13-15-3-5-16(6-4-15)21(23,24)25/h3-10,19H,1-2,11-14H2. The van der Waals surface area contributed by atoms with Crippen molar-refractivity contribution in [1.29, 1.82) is 0 Å². The van der Waals surface area contributed by atoms with E-state index in [1.807, 2.05) is 0 Å². The first-order valence-corrected chi connectivity index (χ1v) is 9.63. The molecule has 1 saturated heterocycles. The largest absolute Gasteiger partial charge is 0.484 e. The van der Waals surface area contributed by atoms with E-state index in [4.69, 9.17) is 21.1 Å². The molecule has 2 aromatic carbocycles. The monoisotopic (exact) mass is 427 g/mol. The first-order chi connectivity index (χ1) is 13.8. The van der Waals surface area contributed by atoms with Gasteiger partial charge >= 0.3 is 6.18 Å². The van der Waals surface area contributed by atoms with Crippen molar-refractivity contribution in [2.24, 2.45) is 0 Å². The van der Waals surface area contributed by atoms with Crippen LogP contribution in [0.4, 0.5) is 13.2 Å². The molecule has 0 bridgehead atoms. The quantitative estimate of drug-likeness (QED) is 0.655. The molecule has 1 aliphatic heterocycles. The number of likely N-dealkylation sites (tertiary alicyclic amines) is 1. The number of hydrogen-bond donors (Lipinski definition) is 0. The Labute approximate surface area is 172 Å². The topological polar surface area (TPSA) is 38.8 Å². The van der Waals surface area contributed by atoms with E-state index < -0.39 is 11.7 Å². The molecule has 1 unspecified atom stereocenters. The number of piperidine rings is 1. The molecule has 0 N–H and O–H groups in total. The van der Waals surface area contributed by atoms with Gasteiger partial charge in [-0.2, -0.15) is 13.2 Å². The van der Waals surface area contributed by atoms with Crippen LogP contribution in [0.2, 0.25) is 5.02 Å². The van der Waals surface area contributed by atoms with Crippen molar-refractivity contribution in [2.75, 3.05) is 19.7 Å². The normalized spacial score (nSPS) is 17.2. The summed E-state index contributed by atoms with van der Waals surface area (Å²) in [6, 6.07) is 11.7. The summed E-state index contributed by atoms with van der Waals surface area (Å²) in [7, 11) is 0. The fourth-order valence-electron chi connectivity index (χ4n) is 3.07. The van der Waals surface area contributed by atoms with Crippen LogP contribution in [0, 0.1) is 0 Å². The van der Waals surface area contributed by atoms with Gasteiger partial charge in [-0.1, -0.05) is 23.7 Å². The maximum absolute atomic E-state index is 12.6. The van der Waals surface area contributed by atoms with Gasteiger partial charge in [-0.15, -0.1) is 0 Å². The molecule has 2 aromatic rings. The third-order valence-corrected chi connectivity index (χ3v) is 4.93. The van der Waals surface area contributed by atoms with Crippen LogP contribution in [0.15, 0.2) is 48.5 Å². The Bertz CT molecular complexity index is 809. The first-order valence-electron chi connectivity index (χ1n) is 9.25. The molecule has 1 fully saturated rings. The van der Waals surface area contributed by atoms with Crippen molar-refractivity contribution in [3.05, 3.63) is 64.7 Å². The summed E-state index contributed by atoms with van der Waals surface area (Å²) in [5.74, 6) is 0.428. The van der Waals surface area contributed by atoms with E-state index in [0.717, 1.165) is 25.0 Å². The third kappa shape index (κ3) is 6.37. The van der Waals surface area contributed by atoms with E-state index in [1.54, 1.807) is 29.2 Å². The van der Waals surface area contributed by atoms with Crippen LogP contribution < -0.4 is 4.74 Å². The highest BCUT2D eigenvalue weighted by molar-refractivity contribution is 6.30. The summed E-state index contributed by atoms with van der Waals surface area (Å²) in [5, 5.41) is 0.591. The number of carbonyl (C=O) groups is 1. The first kappa shape index (κ1) is 21.5. The van der Waals surface area contributed by atoms with Crippen molar-refractivity contribution < 1.29 is 27.4 Å². The van der Waals surface area contributed by atoms with E-state index in [1.165, 1.54) is 12.1 Å². The second-order valence-electron chi connectivity index (χ2n) is 6.85. The Balaban J connectivity index is 1.46. The van der Waals surface area contributed by atoms with Gasteiger partial charge in [-0.3, -0.25) is 4.79 Å². The Morgan fingerprint density at radius 2 is 1.79 bits per heavy atom. The number of ether oxygens (including phenoxy) is 2. The Morgan fingerprint density at radius 3 is 2.45 bits per heavy atom. The molecule has 1 heterocycles. The fraction of sp³-hybridized carbons (Fsp3) is 0.381. The van der Waals surface area contributed by atoms with Crippen LogP contribution in [0.3, 0.4) is 0 Å². The molecule has 8 heteroatoms. The van der Waals surface area contributed by atoms with Gasteiger partial charge in [-0.25, -0.2) is 0 Å². The zero-order valence-corrected chi connectivity index (χ0v) is 16.4. The number of hydrogen-bond acceptors (Lipinski definition) is 3. The van der Waals surface area contributed by atoms with E-state index in [2.05, 4.69) is 0 Å². The summed E-state index contributed by atoms with van der Waals surface area (Å²) < 4.78 is 49.2. The molecule has 156 valence electrons. The number of halogens is 4. The van der Waals surface area contributed by atoms with Crippen LogP contribution in [-0.4, -0.2) is 36.6 Å². The Morgan fingerprint density at radius 1 is 1.10 bits per heavy atom. The van der Waals surface area contributed by atoms with Gasteiger partial charge in [0.05, 0.1) is 18.3 Å². The van der Waals surface area contributed by atoms with Gasteiger partial charge in [0, 0.05) is 18.1 Å². The third-order valence-electron chi connectivity index (χ3n) is 4.67. The van der Waals surface area contributed by atoms with Gasteiger partial charge < -0.3 is 14.4 Å². The minimum absolute atomic E-state index is 0.0761. The maximum atomic E-state index is 12.6. The van der Waals surface area contributed by atoms with E-state index in [9.17, 15) is 18.0 Å². The van der Waals surface area contributed by atoms with Crippen molar-refractivity contribution in [1.82, 2.24) is 4.90 Å². The highest BCUT2D eigenvalue weighted by Crippen LogP contribution is 2.29. The lowest BCUT2D eigenvalue weighted by Gasteiger charge is -2.32. The summed E-state index contributed by atoms with van der Waals surface area (Å²) >= 11 is 5.82.